The summed E-state index contributed by atoms with van der Waals surface area (Å²) in [7, 11) is 0. The quantitative estimate of drug-likeness (QED) is 0.847. The van der Waals surface area contributed by atoms with Gasteiger partial charge in [-0.3, -0.25) is 0 Å². The summed E-state index contributed by atoms with van der Waals surface area (Å²) in [5.41, 5.74) is 7.96. The van der Waals surface area contributed by atoms with Crippen LogP contribution in [0.15, 0.2) is 24.3 Å². The summed E-state index contributed by atoms with van der Waals surface area (Å²) in [6.45, 7) is 5.68. The molecule has 0 saturated carbocycles. The van der Waals surface area contributed by atoms with Gasteiger partial charge in [0, 0.05) is 35.6 Å². The Labute approximate surface area is 94.9 Å². The van der Waals surface area contributed by atoms with Crippen molar-refractivity contribution in [1.82, 2.24) is 4.57 Å². The molecule has 1 unspecified atom stereocenters. The summed E-state index contributed by atoms with van der Waals surface area (Å²) in [4.78, 5) is 0. The number of hydrogen-bond acceptors (Lipinski definition) is 1. The fourth-order valence-corrected chi connectivity index (χ4v) is 2.15. The van der Waals surface area contributed by atoms with E-state index >= 15 is 0 Å². The van der Waals surface area contributed by atoms with Crippen molar-refractivity contribution in [2.24, 2.45) is 5.73 Å². The molecule has 0 spiro atoms. The fraction of sp³-hybridized carbons (Fsp3) is 0.385. The van der Waals surface area contributed by atoms with Crippen molar-refractivity contribution < 1.29 is 4.39 Å². The van der Waals surface area contributed by atoms with Crippen LogP contribution in [0.4, 0.5) is 4.39 Å². The van der Waals surface area contributed by atoms with E-state index in [1.54, 1.807) is 6.07 Å². The van der Waals surface area contributed by atoms with Gasteiger partial charge in [-0.15, -0.1) is 0 Å². The average molecular weight is 220 g/mol. The van der Waals surface area contributed by atoms with Crippen molar-refractivity contribution in [3.8, 4) is 0 Å². The molecule has 2 aromatic rings. The molecule has 0 fully saturated rings. The molecule has 16 heavy (non-hydrogen) atoms. The Morgan fingerprint density at radius 3 is 2.75 bits per heavy atom. The van der Waals surface area contributed by atoms with Crippen LogP contribution in [-0.2, 0) is 6.54 Å². The lowest BCUT2D eigenvalue weighted by Gasteiger charge is -2.12. The summed E-state index contributed by atoms with van der Waals surface area (Å²) in [6, 6.07) is 6.96. The smallest absolute Gasteiger partial charge is 0.123 e. The minimum atomic E-state index is -0.187. The predicted molar refractivity (Wildman–Crippen MR) is 65.0 cm³/mol. The molecule has 0 saturated heterocycles. The van der Waals surface area contributed by atoms with E-state index in [-0.39, 0.29) is 5.82 Å². The van der Waals surface area contributed by atoms with E-state index in [1.807, 2.05) is 12.1 Å². The zero-order valence-electron chi connectivity index (χ0n) is 9.70. The maximum atomic E-state index is 13.1. The van der Waals surface area contributed by atoms with Gasteiger partial charge in [-0.2, -0.15) is 0 Å². The van der Waals surface area contributed by atoms with Gasteiger partial charge in [-0.05, 0) is 31.2 Å². The molecule has 0 aliphatic rings. The summed E-state index contributed by atoms with van der Waals surface area (Å²) in [6.07, 6.45) is 0. The van der Waals surface area contributed by atoms with Gasteiger partial charge >= 0.3 is 0 Å². The molecule has 2 rings (SSSR count). The zero-order chi connectivity index (χ0) is 11.7. The van der Waals surface area contributed by atoms with E-state index < -0.39 is 0 Å². The van der Waals surface area contributed by atoms with E-state index in [0.29, 0.717) is 12.5 Å². The maximum Gasteiger partial charge on any atom is 0.123 e. The lowest BCUT2D eigenvalue weighted by molar-refractivity contribution is 0.629. The average Bonchev–Trinajstić information content (AvgIpc) is 2.65. The Bertz CT molecular complexity index is 502. The highest BCUT2D eigenvalue weighted by atomic mass is 19.1. The van der Waals surface area contributed by atoms with E-state index in [9.17, 15) is 4.39 Å². The second kappa shape index (κ2) is 4.26. The third kappa shape index (κ3) is 1.71. The first-order valence-corrected chi connectivity index (χ1v) is 5.66. The normalized spacial score (nSPS) is 13.2. The Balaban J connectivity index is 2.65. The molecular weight excluding hydrogens is 203 g/mol. The van der Waals surface area contributed by atoms with Crippen LogP contribution in [0.2, 0.25) is 0 Å². The summed E-state index contributed by atoms with van der Waals surface area (Å²) in [5.74, 6) is 0.114. The first kappa shape index (κ1) is 11.1. The Morgan fingerprint density at radius 1 is 1.38 bits per heavy atom. The summed E-state index contributed by atoms with van der Waals surface area (Å²) < 4.78 is 15.3. The zero-order valence-corrected chi connectivity index (χ0v) is 9.70. The molecule has 1 aromatic heterocycles. The van der Waals surface area contributed by atoms with Gasteiger partial charge in [0.25, 0.3) is 0 Å². The molecule has 2 nitrogen and oxygen atoms in total. The summed E-state index contributed by atoms with van der Waals surface area (Å²) >= 11 is 0. The van der Waals surface area contributed by atoms with Crippen LogP contribution in [0.1, 0.15) is 25.5 Å². The molecule has 2 N–H and O–H groups in total. The topological polar surface area (TPSA) is 30.9 Å². The Hall–Kier alpha value is -1.35. The second-order valence-corrected chi connectivity index (χ2v) is 4.15. The molecule has 0 amide bonds. The lowest BCUT2D eigenvalue weighted by atomic mass is 10.1. The Morgan fingerprint density at radius 2 is 2.12 bits per heavy atom. The van der Waals surface area contributed by atoms with Crippen LogP contribution in [0.3, 0.4) is 0 Å². The first-order valence-electron chi connectivity index (χ1n) is 5.66. The molecule has 0 aliphatic carbocycles. The predicted octanol–water partition coefficient (Wildman–Crippen LogP) is 2.86. The van der Waals surface area contributed by atoms with Crippen LogP contribution in [0.25, 0.3) is 10.9 Å². The molecule has 0 bridgehead atoms. The van der Waals surface area contributed by atoms with Crippen LogP contribution in [-0.4, -0.2) is 11.1 Å². The van der Waals surface area contributed by atoms with E-state index in [1.165, 1.54) is 11.8 Å². The van der Waals surface area contributed by atoms with Crippen LogP contribution >= 0.6 is 0 Å². The lowest BCUT2D eigenvalue weighted by Crippen LogP contribution is -2.13. The second-order valence-electron chi connectivity index (χ2n) is 4.15. The van der Waals surface area contributed by atoms with Crippen molar-refractivity contribution in [2.45, 2.75) is 26.3 Å². The maximum absolute atomic E-state index is 13.1. The van der Waals surface area contributed by atoms with Crippen LogP contribution < -0.4 is 5.73 Å². The molecule has 0 radical (unpaired) electrons. The van der Waals surface area contributed by atoms with Gasteiger partial charge in [0.2, 0.25) is 0 Å². The number of halogens is 1. The van der Waals surface area contributed by atoms with Crippen molar-refractivity contribution >= 4 is 10.9 Å². The van der Waals surface area contributed by atoms with Gasteiger partial charge in [-0.1, -0.05) is 6.92 Å². The highest BCUT2D eigenvalue weighted by Crippen LogP contribution is 2.25. The first-order chi connectivity index (χ1) is 7.67. The third-order valence-corrected chi connectivity index (χ3v) is 3.07. The van der Waals surface area contributed by atoms with Gasteiger partial charge < -0.3 is 10.3 Å². The van der Waals surface area contributed by atoms with Gasteiger partial charge in [0.1, 0.15) is 5.82 Å². The monoisotopic (exact) mass is 220 g/mol. The SMILES string of the molecule is CCn1c(C(C)CN)cc2cc(F)ccc21. The van der Waals surface area contributed by atoms with Gasteiger partial charge in [0.15, 0.2) is 0 Å². The number of benzene rings is 1. The molecule has 86 valence electrons. The number of hydrogen-bond donors (Lipinski definition) is 1. The largest absolute Gasteiger partial charge is 0.345 e. The number of rotatable bonds is 3. The summed E-state index contributed by atoms with van der Waals surface area (Å²) in [5, 5.41) is 0.956. The molecule has 1 atom stereocenters. The number of aromatic nitrogens is 1. The van der Waals surface area contributed by atoms with Crippen LogP contribution in [0, 0.1) is 5.82 Å². The molecule has 1 heterocycles. The minimum absolute atomic E-state index is 0.187. The van der Waals surface area contributed by atoms with E-state index in [0.717, 1.165) is 17.4 Å². The molecule has 1 aromatic carbocycles. The van der Waals surface area contributed by atoms with E-state index in [4.69, 9.17) is 5.73 Å². The minimum Gasteiger partial charge on any atom is -0.345 e. The highest BCUT2D eigenvalue weighted by molar-refractivity contribution is 5.81. The standard InChI is InChI=1S/C13H17FN2/c1-3-16-12-5-4-11(14)6-10(12)7-13(16)9(2)8-15/h4-7,9H,3,8,15H2,1-2H3. The van der Waals surface area contributed by atoms with Crippen LogP contribution in [0.5, 0.6) is 0 Å². The molecule has 0 aliphatic heterocycles. The van der Waals surface area contributed by atoms with Gasteiger partial charge in [0.05, 0.1) is 0 Å². The van der Waals surface area contributed by atoms with Crippen molar-refractivity contribution in [2.75, 3.05) is 6.54 Å². The van der Waals surface area contributed by atoms with Gasteiger partial charge in [-0.25, -0.2) is 4.39 Å². The van der Waals surface area contributed by atoms with Crippen molar-refractivity contribution in [3.05, 3.63) is 35.8 Å². The molecule has 3 heteroatoms. The van der Waals surface area contributed by atoms with E-state index in [2.05, 4.69) is 18.4 Å². The number of nitrogens with two attached hydrogens (primary N) is 1. The van der Waals surface area contributed by atoms with Crippen molar-refractivity contribution in [1.29, 1.82) is 0 Å². The number of fused-ring (bicyclic) bond motifs is 1. The number of nitrogens with zero attached hydrogens (tertiary/aromatic N) is 1. The fourth-order valence-electron chi connectivity index (χ4n) is 2.15. The van der Waals surface area contributed by atoms with Crippen molar-refractivity contribution in [3.63, 3.8) is 0 Å². The molecular formula is C13H17FN2. The Kier molecular flexibility index (Phi) is 2.97. The highest BCUT2D eigenvalue weighted by Gasteiger charge is 2.12. The number of aryl methyl sites for hydroxylation is 1. The third-order valence-electron chi connectivity index (χ3n) is 3.07.